The van der Waals surface area contributed by atoms with Crippen LogP contribution in [-0.4, -0.2) is 33.1 Å². The predicted octanol–water partition coefficient (Wildman–Crippen LogP) is 3.66. The van der Waals surface area contributed by atoms with E-state index < -0.39 is 28.0 Å². The average Bonchev–Trinajstić information content (AvgIpc) is 2.77. The Morgan fingerprint density at radius 3 is 2.75 bits per heavy atom. The molecule has 9 nitrogen and oxygen atoms in total. The Labute approximate surface area is 178 Å². The highest BCUT2D eigenvalue weighted by Crippen LogP contribution is 2.33. The highest BCUT2D eigenvalue weighted by Gasteiger charge is 2.32. The first kappa shape index (κ1) is 21.4. The lowest BCUT2D eigenvalue weighted by atomic mass is 10.1. The molecule has 0 unspecified atom stereocenters. The molecule has 1 aromatic carbocycles. The van der Waals surface area contributed by atoms with E-state index in [0.29, 0.717) is 42.3 Å². The Balaban J connectivity index is 1.70. The number of anilines is 1. The lowest BCUT2D eigenvalue weighted by Crippen LogP contribution is -2.15. The normalized spacial score (nSPS) is 14.3. The fraction of sp³-hybridized carbons (Fsp3) is 0.250. The molecule has 0 fully saturated rings. The number of nitro benzene ring substituents is 1. The fourth-order valence-corrected chi connectivity index (χ4v) is 3.36. The summed E-state index contributed by atoms with van der Waals surface area (Å²) in [5.41, 5.74) is -0.461. The molecule has 0 radical (unpaired) electrons. The Morgan fingerprint density at radius 1 is 1.25 bits per heavy atom. The van der Waals surface area contributed by atoms with Crippen LogP contribution in [0.3, 0.4) is 0 Å². The second-order valence-corrected chi connectivity index (χ2v) is 7.06. The number of non-ortho nitro benzene ring substituents is 1. The monoisotopic (exact) mass is 447 g/mol. The van der Waals surface area contributed by atoms with Gasteiger partial charge in [0.05, 0.1) is 41.1 Å². The van der Waals surface area contributed by atoms with Crippen molar-refractivity contribution in [1.29, 1.82) is 0 Å². The van der Waals surface area contributed by atoms with Gasteiger partial charge in [-0.3, -0.25) is 15.1 Å². The number of nitrogens with one attached hydrogen (secondary N) is 2. The molecular formula is C20H16F3N5O4. The second kappa shape index (κ2) is 8.38. The lowest BCUT2D eigenvalue weighted by molar-refractivity contribution is -0.385. The second-order valence-electron chi connectivity index (χ2n) is 7.06. The third-order valence-electron chi connectivity index (χ3n) is 4.88. The van der Waals surface area contributed by atoms with Gasteiger partial charge in [0.25, 0.3) is 5.69 Å². The van der Waals surface area contributed by atoms with Gasteiger partial charge in [0.2, 0.25) is 0 Å². The summed E-state index contributed by atoms with van der Waals surface area (Å²) < 4.78 is 44.7. The molecule has 0 bridgehead atoms. The van der Waals surface area contributed by atoms with E-state index >= 15 is 0 Å². The van der Waals surface area contributed by atoms with Crippen LogP contribution in [0.15, 0.2) is 41.3 Å². The van der Waals surface area contributed by atoms with Crippen molar-refractivity contribution in [3.05, 3.63) is 74.0 Å². The van der Waals surface area contributed by atoms with Gasteiger partial charge in [-0.05, 0) is 29.7 Å². The Morgan fingerprint density at radius 2 is 2.06 bits per heavy atom. The van der Waals surface area contributed by atoms with Crippen molar-refractivity contribution in [3.8, 4) is 0 Å². The van der Waals surface area contributed by atoms with Crippen molar-refractivity contribution in [2.75, 3.05) is 18.5 Å². The number of hydrogen-bond acceptors (Lipinski definition) is 7. The van der Waals surface area contributed by atoms with Crippen molar-refractivity contribution in [2.24, 2.45) is 0 Å². The Bertz CT molecular complexity index is 1290. The van der Waals surface area contributed by atoms with Crippen LogP contribution in [0.25, 0.3) is 16.5 Å². The number of nitrogens with zero attached hydrogens (tertiary/aromatic N) is 3. The molecule has 0 spiro atoms. The number of ether oxygens (including phenoxy) is 1. The maximum absolute atomic E-state index is 13.1. The summed E-state index contributed by atoms with van der Waals surface area (Å²) in [6, 6.07) is 4.04. The molecule has 2 N–H and O–H groups in total. The fourth-order valence-electron chi connectivity index (χ4n) is 3.36. The smallest absolute Gasteiger partial charge is 0.377 e. The summed E-state index contributed by atoms with van der Waals surface area (Å²) in [7, 11) is 0. The van der Waals surface area contributed by atoms with Crippen molar-refractivity contribution in [3.63, 3.8) is 0 Å². The van der Waals surface area contributed by atoms with Crippen LogP contribution in [0, 0.1) is 10.1 Å². The highest BCUT2D eigenvalue weighted by atomic mass is 19.4. The van der Waals surface area contributed by atoms with Crippen LogP contribution in [0.5, 0.6) is 0 Å². The molecule has 0 atom stereocenters. The Kier molecular flexibility index (Phi) is 5.61. The summed E-state index contributed by atoms with van der Waals surface area (Å²) >= 11 is 0. The minimum atomic E-state index is -4.74. The first-order valence-electron chi connectivity index (χ1n) is 9.47. The molecule has 1 aliphatic rings. The standard InChI is InChI=1S/C20H16F3N5O4/c21-20(22,23)13-5-11(6-14(7-13)28(30)31)9-25-18-15-8-16(12-1-3-32-4-2-12)24-10-17(15)26-19(29)27-18/h1,5-8,10H,2-4,9H2,(H2,25,26,27,29). The maximum Gasteiger partial charge on any atom is 0.416 e. The number of halogens is 3. The number of aromatic nitrogens is 3. The first-order valence-corrected chi connectivity index (χ1v) is 9.47. The van der Waals surface area contributed by atoms with Gasteiger partial charge in [-0.15, -0.1) is 0 Å². The van der Waals surface area contributed by atoms with Crippen molar-refractivity contribution >= 4 is 28.0 Å². The highest BCUT2D eigenvalue weighted by molar-refractivity contribution is 5.90. The molecule has 3 heterocycles. The lowest BCUT2D eigenvalue weighted by Gasteiger charge is -2.14. The minimum Gasteiger partial charge on any atom is -0.377 e. The minimum absolute atomic E-state index is 0.0168. The molecule has 2 aromatic heterocycles. The van der Waals surface area contributed by atoms with Gasteiger partial charge < -0.3 is 15.0 Å². The molecular weight excluding hydrogens is 431 g/mol. The van der Waals surface area contributed by atoms with E-state index in [0.717, 1.165) is 17.7 Å². The number of H-pyrrole nitrogens is 1. The summed E-state index contributed by atoms with van der Waals surface area (Å²) in [5, 5.41) is 14.4. The summed E-state index contributed by atoms with van der Waals surface area (Å²) in [6.45, 7) is 0.789. The molecule has 1 aliphatic heterocycles. The summed E-state index contributed by atoms with van der Waals surface area (Å²) in [5.74, 6) is 0.125. The molecule has 166 valence electrons. The quantitative estimate of drug-likeness (QED) is 0.452. The van der Waals surface area contributed by atoms with E-state index in [4.69, 9.17) is 4.74 Å². The number of fused-ring (bicyclic) bond motifs is 1. The van der Waals surface area contributed by atoms with E-state index in [9.17, 15) is 28.1 Å². The van der Waals surface area contributed by atoms with Crippen LogP contribution < -0.4 is 11.0 Å². The molecule has 0 saturated carbocycles. The molecule has 4 rings (SSSR count). The van der Waals surface area contributed by atoms with E-state index in [1.54, 1.807) is 6.07 Å². The predicted molar refractivity (Wildman–Crippen MR) is 109 cm³/mol. The van der Waals surface area contributed by atoms with E-state index in [1.807, 2.05) is 6.08 Å². The number of alkyl halides is 3. The van der Waals surface area contributed by atoms with E-state index in [2.05, 4.69) is 20.3 Å². The number of nitro groups is 1. The van der Waals surface area contributed by atoms with Crippen molar-refractivity contribution in [1.82, 2.24) is 15.0 Å². The van der Waals surface area contributed by atoms with Crippen LogP contribution in [0.2, 0.25) is 0 Å². The molecule has 12 heteroatoms. The number of hydrogen-bond donors (Lipinski definition) is 2. The summed E-state index contributed by atoms with van der Waals surface area (Å²) in [6.07, 6.45) is -0.713. The SMILES string of the molecule is O=c1nc(NCc2cc([N+](=O)[O-])cc(C(F)(F)F)c2)c2cc(C3=CCOCC3)ncc2[nH]1. The van der Waals surface area contributed by atoms with Gasteiger partial charge in [0.1, 0.15) is 5.82 Å². The Hall–Kier alpha value is -3.80. The maximum atomic E-state index is 13.1. The van der Waals surface area contributed by atoms with Gasteiger partial charge in [-0.25, -0.2) is 4.79 Å². The molecule has 3 aromatic rings. The largest absolute Gasteiger partial charge is 0.416 e. The van der Waals surface area contributed by atoms with Gasteiger partial charge in [-0.2, -0.15) is 18.2 Å². The van der Waals surface area contributed by atoms with Crippen LogP contribution >= 0.6 is 0 Å². The van der Waals surface area contributed by atoms with Gasteiger partial charge in [0, 0.05) is 24.1 Å². The summed E-state index contributed by atoms with van der Waals surface area (Å²) in [4.78, 5) is 32.9. The zero-order chi connectivity index (χ0) is 22.9. The molecule has 0 amide bonds. The van der Waals surface area contributed by atoms with Crippen molar-refractivity contribution < 1.29 is 22.8 Å². The average molecular weight is 447 g/mol. The number of aromatic amines is 1. The zero-order valence-electron chi connectivity index (χ0n) is 16.4. The first-order chi connectivity index (χ1) is 15.2. The van der Waals surface area contributed by atoms with Gasteiger partial charge in [-0.1, -0.05) is 6.08 Å². The van der Waals surface area contributed by atoms with Gasteiger partial charge >= 0.3 is 11.9 Å². The zero-order valence-corrected chi connectivity index (χ0v) is 16.4. The molecule has 0 aliphatic carbocycles. The molecule has 32 heavy (non-hydrogen) atoms. The van der Waals surface area contributed by atoms with Crippen LogP contribution in [-0.2, 0) is 17.5 Å². The third kappa shape index (κ3) is 4.59. The van der Waals surface area contributed by atoms with E-state index in [-0.39, 0.29) is 17.9 Å². The number of pyridine rings is 1. The molecule has 0 saturated heterocycles. The topological polar surface area (TPSA) is 123 Å². The van der Waals surface area contributed by atoms with Crippen LogP contribution in [0.4, 0.5) is 24.7 Å². The van der Waals surface area contributed by atoms with Crippen molar-refractivity contribution in [2.45, 2.75) is 19.1 Å². The van der Waals surface area contributed by atoms with E-state index in [1.165, 1.54) is 6.20 Å². The van der Waals surface area contributed by atoms with Crippen LogP contribution in [0.1, 0.15) is 23.2 Å². The number of rotatable bonds is 5. The third-order valence-corrected chi connectivity index (χ3v) is 4.88. The van der Waals surface area contributed by atoms with Gasteiger partial charge in [0.15, 0.2) is 0 Å². The number of benzene rings is 1.